The van der Waals surface area contributed by atoms with Crippen LogP contribution < -0.4 is 4.74 Å². The molecule has 5 atom stereocenters. The zero-order valence-electron chi connectivity index (χ0n) is 30.6. The molecule has 1 aromatic carbocycles. The summed E-state index contributed by atoms with van der Waals surface area (Å²) >= 11 is 0. The maximum Gasteiger partial charge on any atom is 0.165 e. The number of phenolic OH excluding ortho intramolecular Hbond substituents is 1. The number of hydrogen-bond donors (Lipinski definition) is 2. The van der Waals surface area contributed by atoms with Crippen molar-refractivity contribution in [1.82, 2.24) is 4.90 Å². The fourth-order valence-electron chi connectivity index (χ4n) is 8.80. The van der Waals surface area contributed by atoms with E-state index in [0.29, 0.717) is 124 Å². The Kier molecular flexibility index (Phi) is 15.0. The van der Waals surface area contributed by atoms with E-state index in [-0.39, 0.29) is 24.0 Å². The quantitative estimate of drug-likeness (QED) is 0.129. The third kappa shape index (κ3) is 9.20. The van der Waals surface area contributed by atoms with Crippen LogP contribution in [0.5, 0.6) is 11.5 Å². The number of benzene rings is 1. The minimum Gasteiger partial charge on any atom is -0.504 e. The number of phenols is 1. The molecule has 5 aliphatic rings. The third-order valence-electron chi connectivity index (χ3n) is 11.5. The van der Waals surface area contributed by atoms with E-state index in [1.165, 1.54) is 24.8 Å². The molecule has 0 amide bonds. The summed E-state index contributed by atoms with van der Waals surface area (Å²) in [5.41, 5.74) is 0.776. The molecular weight excluding hydrogens is 662 g/mol. The van der Waals surface area contributed by atoms with Gasteiger partial charge >= 0.3 is 0 Å². The predicted molar refractivity (Wildman–Crippen MR) is 187 cm³/mol. The van der Waals surface area contributed by atoms with Crippen molar-refractivity contribution in [3.8, 4) is 11.5 Å². The topological polar surface area (TPSA) is 136 Å². The molecule has 0 radical (unpaired) electrons. The number of methoxy groups -OCH3 is 1. The van der Waals surface area contributed by atoms with E-state index >= 15 is 0 Å². The van der Waals surface area contributed by atoms with E-state index in [9.17, 15) is 10.2 Å². The lowest BCUT2D eigenvalue weighted by atomic mass is 9.48. The molecule has 1 saturated heterocycles. The van der Waals surface area contributed by atoms with E-state index in [0.717, 1.165) is 37.4 Å². The van der Waals surface area contributed by atoms with Gasteiger partial charge in [0.2, 0.25) is 0 Å². The highest BCUT2D eigenvalue weighted by Crippen LogP contribution is 2.65. The average molecular weight is 724 g/mol. The molecule has 0 unspecified atom stereocenters. The Morgan fingerprint density at radius 2 is 1.27 bits per heavy atom. The van der Waals surface area contributed by atoms with Gasteiger partial charge in [0.15, 0.2) is 11.5 Å². The Morgan fingerprint density at radius 3 is 1.80 bits per heavy atom. The van der Waals surface area contributed by atoms with Gasteiger partial charge in [0.05, 0.1) is 123 Å². The summed E-state index contributed by atoms with van der Waals surface area (Å²) in [5, 5.41) is 23.5. The van der Waals surface area contributed by atoms with E-state index < -0.39 is 11.0 Å². The number of likely N-dealkylation sites (tertiary alicyclic amines) is 1. The maximum absolute atomic E-state index is 12.6. The number of piperidine rings is 1. The third-order valence-corrected chi connectivity index (χ3v) is 11.5. The minimum atomic E-state index is -0.901. The van der Waals surface area contributed by atoms with E-state index in [4.69, 9.17) is 47.4 Å². The molecule has 2 heterocycles. The number of nitrogens with zero attached hydrogens (tertiary/aromatic N) is 1. The highest BCUT2D eigenvalue weighted by Gasteiger charge is 2.73. The zero-order valence-corrected chi connectivity index (χ0v) is 30.6. The smallest absolute Gasteiger partial charge is 0.165 e. The van der Waals surface area contributed by atoms with Crippen LogP contribution in [0.4, 0.5) is 0 Å². The molecule has 2 saturated carbocycles. The van der Waals surface area contributed by atoms with Gasteiger partial charge in [-0.1, -0.05) is 12.5 Å². The second-order valence-electron chi connectivity index (χ2n) is 14.4. The molecule has 13 nitrogen and oxygen atoms in total. The molecule has 3 fully saturated rings. The second kappa shape index (κ2) is 19.6. The summed E-state index contributed by atoms with van der Waals surface area (Å²) in [6, 6.07) is 3.87. The van der Waals surface area contributed by atoms with Crippen molar-refractivity contribution in [2.75, 3.05) is 126 Å². The Balaban J connectivity index is 0.795. The first-order chi connectivity index (χ1) is 25.1. The van der Waals surface area contributed by atoms with Crippen molar-refractivity contribution >= 4 is 0 Å². The van der Waals surface area contributed by atoms with E-state index in [1.54, 1.807) is 13.2 Å². The molecule has 2 bridgehead atoms. The summed E-state index contributed by atoms with van der Waals surface area (Å²) in [6.07, 6.45) is 6.39. The monoisotopic (exact) mass is 723 g/mol. The van der Waals surface area contributed by atoms with Gasteiger partial charge in [0, 0.05) is 25.3 Å². The zero-order chi connectivity index (χ0) is 35.4. The van der Waals surface area contributed by atoms with Gasteiger partial charge in [0.25, 0.3) is 0 Å². The summed E-state index contributed by atoms with van der Waals surface area (Å²) in [4.78, 5) is 2.57. The average Bonchev–Trinajstić information content (AvgIpc) is 3.47. The van der Waals surface area contributed by atoms with Crippen molar-refractivity contribution in [2.45, 2.75) is 74.2 Å². The molecular formula is C38H61NO12. The molecule has 2 N–H and O–H groups in total. The Labute approximate surface area is 303 Å². The van der Waals surface area contributed by atoms with Crippen LogP contribution in [0.25, 0.3) is 0 Å². The summed E-state index contributed by atoms with van der Waals surface area (Å²) in [7, 11) is 1.65. The lowest BCUT2D eigenvalue weighted by Crippen LogP contribution is -2.77. The van der Waals surface area contributed by atoms with Crippen molar-refractivity contribution in [3.05, 3.63) is 23.3 Å². The van der Waals surface area contributed by atoms with Gasteiger partial charge in [-0.25, -0.2) is 0 Å². The van der Waals surface area contributed by atoms with E-state index in [1.807, 2.05) is 6.07 Å². The molecule has 1 aromatic rings. The fraction of sp³-hybridized carbons (Fsp3) is 0.842. The van der Waals surface area contributed by atoms with Crippen molar-refractivity contribution in [3.63, 3.8) is 0 Å². The highest BCUT2D eigenvalue weighted by atomic mass is 16.6. The van der Waals surface area contributed by atoms with Gasteiger partial charge < -0.3 is 57.6 Å². The SMILES string of the molecule is COCCOCCOCCOCCOCCOCCOCCOCCO[C@H]1CC[C@@]2(O)[C@H]3Cc4ccc(O)c5c4[C@@]2(CCN3CC2CCC2)[C@H]1O5. The normalized spacial score (nSPS) is 28.1. The van der Waals surface area contributed by atoms with E-state index in [2.05, 4.69) is 4.90 Å². The molecule has 290 valence electrons. The first kappa shape index (κ1) is 39.1. The van der Waals surface area contributed by atoms with Crippen LogP contribution >= 0.6 is 0 Å². The Hall–Kier alpha value is -1.62. The number of rotatable bonds is 27. The number of hydrogen-bond acceptors (Lipinski definition) is 13. The fourth-order valence-corrected chi connectivity index (χ4v) is 8.80. The summed E-state index contributed by atoms with van der Waals surface area (Å²) in [5.74, 6) is 1.46. The van der Waals surface area contributed by atoms with Crippen LogP contribution in [0.15, 0.2) is 12.1 Å². The Bertz CT molecular complexity index is 1190. The molecule has 0 aromatic heterocycles. The first-order valence-corrected chi connectivity index (χ1v) is 19.2. The van der Waals surface area contributed by atoms with Crippen molar-refractivity contribution in [1.29, 1.82) is 0 Å². The van der Waals surface area contributed by atoms with Crippen LogP contribution in [0.3, 0.4) is 0 Å². The summed E-state index contributed by atoms with van der Waals surface area (Å²) < 4.78 is 56.7. The van der Waals surface area contributed by atoms with Gasteiger partial charge in [-0.2, -0.15) is 0 Å². The lowest BCUT2D eigenvalue weighted by molar-refractivity contribution is -0.218. The van der Waals surface area contributed by atoms with Gasteiger partial charge in [-0.3, -0.25) is 4.90 Å². The minimum absolute atomic E-state index is 0.0639. The largest absolute Gasteiger partial charge is 0.504 e. The predicted octanol–water partition coefficient (Wildman–Crippen LogP) is 2.49. The number of ether oxygens (including phenoxy) is 10. The lowest BCUT2D eigenvalue weighted by Gasteiger charge is -2.64. The summed E-state index contributed by atoms with van der Waals surface area (Å²) in [6.45, 7) is 10.1. The maximum atomic E-state index is 12.6. The van der Waals surface area contributed by atoms with Crippen LogP contribution in [0, 0.1) is 5.92 Å². The number of aromatic hydroxyl groups is 1. The molecule has 1 spiro atoms. The standard InChI is InChI=1S/C38H61NO12/c1-42-11-12-43-13-14-44-15-16-45-17-18-46-19-20-47-21-22-48-23-24-49-25-26-50-32-7-8-38(41)33-27-30-5-6-31(40)35-34(30)37(38,36(32)51-35)9-10-39(33)28-29-3-2-4-29/h5-6,29,32-33,36,40-41H,2-4,7-28H2,1H3/t32-,33+,36-,37-,38+/m0/s1. The molecule has 3 aliphatic carbocycles. The Morgan fingerprint density at radius 1 is 0.725 bits per heavy atom. The highest BCUT2D eigenvalue weighted by molar-refractivity contribution is 5.62. The molecule has 2 aliphatic heterocycles. The van der Waals surface area contributed by atoms with Crippen molar-refractivity contribution in [2.24, 2.45) is 5.92 Å². The molecule has 6 rings (SSSR count). The van der Waals surface area contributed by atoms with Gasteiger partial charge in [-0.15, -0.1) is 0 Å². The van der Waals surface area contributed by atoms with Gasteiger partial charge in [0.1, 0.15) is 6.10 Å². The van der Waals surface area contributed by atoms with Crippen LogP contribution in [0.1, 0.15) is 49.7 Å². The molecule has 51 heavy (non-hydrogen) atoms. The number of aliphatic hydroxyl groups is 1. The second-order valence-corrected chi connectivity index (χ2v) is 14.4. The van der Waals surface area contributed by atoms with Crippen molar-refractivity contribution < 1.29 is 57.6 Å². The first-order valence-electron chi connectivity index (χ1n) is 19.2. The van der Waals surface area contributed by atoms with Crippen LogP contribution in [-0.4, -0.2) is 165 Å². The van der Waals surface area contributed by atoms with Gasteiger partial charge in [-0.05, 0) is 62.6 Å². The van der Waals surface area contributed by atoms with Crippen LogP contribution in [-0.2, 0) is 54.5 Å². The van der Waals surface area contributed by atoms with Crippen LogP contribution in [0.2, 0.25) is 0 Å². The molecule has 13 heteroatoms.